The smallest absolute Gasteiger partial charge is 0.446 e. The van der Waals surface area contributed by atoms with E-state index in [1.54, 1.807) is 45.9 Å². The van der Waals surface area contributed by atoms with Gasteiger partial charge in [-0.05, 0) is 39.8 Å². The van der Waals surface area contributed by atoms with Crippen molar-refractivity contribution in [3.05, 3.63) is 40.0 Å². The number of ether oxygens (including phenoxy) is 2. The number of aromatic nitrogens is 1. The molecule has 0 unspecified atom stereocenters. The van der Waals surface area contributed by atoms with E-state index in [9.17, 15) is 14.4 Å². The maximum absolute atomic E-state index is 12.8. The second-order valence-corrected chi connectivity index (χ2v) is 7.38. The number of esters is 1. The van der Waals surface area contributed by atoms with Gasteiger partial charge in [-0.2, -0.15) is 4.79 Å². The van der Waals surface area contributed by atoms with Crippen molar-refractivity contribution in [2.45, 2.75) is 33.3 Å². The molecule has 0 fully saturated rings. The molecule has 1 aromatic heterocycles. The number of halogens is 1. The van der Waals surface area contributed by atoms with E-state index in [2.05, 4.69) is 20.7 Å². The lowest BCUT2D eigenvalue weighted by Crippen LogP contribution is -2.28. The largest absolute Gasteiger partial charge is 0.457 e. The second kappa shape index (κ2) is 7.85. The molecule has 0 aliphatic heterocycles. The van der Waals surface area contributed by atoms with Crippen molar-refractivity contribution in [1.82, 2.24) is 4.57 Å². The van der Waals surface area contributed by atoms with Crippen LogP contribution < -0.4 is 0 Å². The van der Waals surface area contributed by atoms with E-state index in [4.69, 9.17) is 15.0 Å². The van der Waals surface area contributed by atoms with Crippen molar-refractivity contribution < 1.29 is 28.6 Å². The summed E-state index contributed by atoms with van der Waals surface area (Å²) in [6.07, 6.45) is 0.555. The Bertz CT molecular complexity index is 981. The first kappa shape index (κ1) is 20.5. The van der Waals surface area contributed by atoms with Crippen molar-refractivity contribution in [2.75, 3.05) is 6.61 Å². The normalized spacial score (nSPS) is 11.0. The molecule has 0 bridgehead atoms. The summed E-state index contributed by atoms with van der Waals surface area (Å²) in [5.41, 5.74) is 7.98. The number of ketones is 1. The van der Waals surface area contributed by atoms with Gasteiger partial charge in [-0.15, -0.1) is 0 Å². The first-order valence-electron chi connectivity index (χ1n) is 8.07. The predicted molar refractivity (Wildman–Crippen MR) is 101 cm³/mol. The van der Waals surface area contributed by atoms with Crippen LogP contribution in [0.3, 0.4) is 0 Å². The molecule has 8 nitrogen and oxygen atoms in total. The maximum atomic E-state index is 12.8. The van der Waals surface area contributed by atoms with Crippen LogP contribution in [-0.4, -0.2) is 45.1 Å². The van der Waals surface area contributed by atoms with Gasteiger partial charge < -0.3 is 15.0 Å². The third kappa shape index (κ3) is 4.32. The molecule has 0 saturated heterocycles. The third-order valence-corrected chi connectivity index (χ3v) is 4.06. The van der Waals surface area contributed by atoms with Gasteiger partial charge in [-0.1, -0.05) is 22.0 Å². The number of fused-ring (bicyclic) bond motifs is 1. The minimum atomic E-state index is -1.06. The van der Waals surface area contributed by atoms with E-state index in [1.807, 2.05) is 0 Å². The monoisotopic (exact) mass is 435 g/mol. The Kier molecular flexibility index (Phi) is 5.98. The maximum Gasteiger partial charge on any atom is 0.446 e. The number of Topliss-reactive ketones (excluding diaryl/α,β-unsaturated/α-hetero) is 1. The Hall–Kier alpha value is -2.77. The molecule has 2 aromatic rings. The Morgan fingerprint density at radius 2 is 1.93 bits per heavy atom. The predicted octanol–water partition coefficient (Wildman–Crippen LogP) is 3.60. The molecule has 0 aliphatic carbocycles. The summed E-state index contributed by atoms with van der Waals surface area (Å²) in [5.74, 6) is -1.94. The zero-order valence-corrected chi connectivity index (χ0v) is 16.9. The molecule has 0 saturated carbocycles. The number of carbonyl (C=O) groups is 3. The van der Waals surface area contributed by atoms with Gasteiger partial charge in [-0.3, -0.25) is 9.36 Å². The first-order valence-corrected chi connectivity index (χ1v) is 8.86. The first-order chi connectivity index (χ1) is 12.6. The van der Waals surface area contributed by atoms with Gasteiger partial charge in [0.15, 0.2) is 0 Å². The summed E-state index contributed by atoms with van der Waals surface area (Å²) in [6, 6.07) is 4.99. The molecule has 2 rings (SSSR count). The molecular weight excluding hydrogens is 418 g/mol. The fourth-order valence-corrected chi connectivity index (χ4v) is 2.95. The van der Waals surface area contributed by atoms with Crippen molar-refractivity contribution in [1.29, 1.82) is 0 Å². The standard InChI is InChI=1S/C18H18BrN3O5/c1-5-26-16(24)14(21-20)15(23)10-9-22(17(25)27-18(2,3)4)12-8-6-7-11(19)13(10)12/h6-9H,5H2,1-4H3. The number of hydrogen-bond acceptors (Lipinski definition) is 5. The Morgan fingerprint density at radius 3 is 2.48 bits per heavy atom. The second-order valence-electron chi connectivity index (χ2n) is 6.53. The van der Waals surface area contributed by atoms with Crippen LogP contribution in [0.2, 0.25) is 0 Å². The minimum Gasteiger partial charge on any atom is -0.457 e. The number of carbonyl (C=O) groups excluding carboxylic acids is 3. The Balaban J connectivity index is 2.64. The highest BCUT2D eigenvalue weighted by atomic mass is 79.9. The van der Waals surface area contributed by atoms with Crippen molar-refractivity contribution >= 4 is 50.4 Å². The number of nitrogens with zero attached hydrogens (tertiary/aromatic N) is 3. The molecular formula is C18H18BrN3O5. The SMILES string of the molecule is CCOC(=O)C(=[N+]=[N-])C(=O)c1cn(C(=O)OC(C)(C)C)c2cccc(Br)c12. The highest BCUT2D eigenvalue weighted by molar-refractivity contribution is 9.10. The lowest BCUT2D eigenvalue weighted by molar-refractivity contribution is -0.139. The van der Waals surface area contributed by atoms with Crippen molar-refractivity contribution in [2.24, 2.45) is 0 Å². The van der Waals surface area contributed by atoms with Crippen LogP contribution in [0.4, 0.5) is 4.79 Å². The average molecular weight is 436 g/mol. The van der Waals surface area contributed by atoms with Crippen LogP contribution in [0, 0.1) is 0 Å². The van der Waals surface area contributed by atoms with Crippen molar-refractivity contribution in [3.63, 3.8) is 0 Å². The highest BCUT2D eigenvalue weighted by Crippen LogP contribution is 2.30. The molecule has 0 aliphatic rings. The summed E-state index contributed by atoms with van der Waals surface area (Å²) >= 11 is 3.34. The van der Waals surface area contributed by atoms with Crippen LogP contribution in [-0.2, 0) is 14.3 Å². The van der Waals surface area contributed by atoms with Gasteiger partial charge in [0.25, 0.3) is 5.78 Å². The minimum absolute atomic E-state index is 0.00843. The van der Waals surface area contributed by atoms with E-state index in [-0.39, 0.29) is 12.2 Å². The van der Waals surface area contributed by atoms with E-state index >= 15 is 0 Å². The summed E-state index contributed by atoms with van der Waals surface area (Å²) in [5, 5.41) is 0.374. The van der Waals surface area contributed by atoms with Crippen LogP contribution in [0.1, 0.15) is 38.1 Å². The molecule has 0 atom stereocenters. The van der Waals surface area contributed by atoms with E-state index in [0.29, 0.717) is 15.4 Å². The lowest BCUT2D eigenvalue weighted by atomic mass is 10.1. The molecule has 0 amide bonds. The zero-order chi connectivity index (χ0) is 20.4. The fraction of sp³-hybridized carbons (Fsp3) is 0.333. The molecule has 0 spiro atoms. The quantitative estimate of drug-likeness (QED) is 0.182. The highest BCUT2D eigenvalue weighted by Gasteiger charge is 2.35. The summed E-state index contributed by atoms with van der Waals surface area (Å²) in [7, 11) is 0. The van der Waals surface area contributed by atoms with Gasteiger partial charge in [0, 0.05) is 16.1 Å². The Morgan fingerprint density at radius 1 is 1.26 bits per heavy atom. The molecule has 1 aromatic carbocycles. The van der Waals surface area contributed by atoms with Crippen LogP contribution >= 0.6 is 15.9 Å². The zero-order valence-electron chi connectivity index (χ0n) is 15.3. The molecule has 0 N–H and O–H groups in total. The summed E-state index contributed by atoms with van der Waals surface area (Å²) in [6.45, 7) is 6.72. The van der Waals surface area contributed by atoms with E-state index < -0.39 is 29.2 Å². The van der Waals surface area contributed by atoms with E-state index in [1.165, 1.54) is 10.8 Å². The lowest BCUT2D eigenvalue weighted by Gasteiger charge is -2.19. The van der Waals surface area contributed by atoms with E-state index in [0.717, 1.165) is 0 Å². The van der Waals surface area contributed by atoms with Gasteiger partial charge in [0.1, 0.15) is 5.60 Å². The van der Waals surface area contributed by atoms with Gasteiger partial charge in [0.05, 0.1) is 17.7 Å². The fourth-order valence-electron chi connectivity index (χ4n) is 2.38. The number of hydrogen-bond donors (Lipinski definition) is 0. The number of rotatable bonds is 4. The molecule has 1 heterocycles. The number of benzene rings is 1. The Labute approximate surface area is 163 Å². The van der Waals surface area contributed by atoms with Crippen LogP contribution in [0.15, 0.2) is 28.9 Å². The van der Waals surface area contributed by atoms with Crippen molar-refractivity contribution in [3.8, 4) is 0 Å². The summed E-state index contributed by atoms with van der Waals surface area (Å²) < 4.78 is 11.8. The molecule has 27 heavy (non-hydrogen) atoms. The molecule has 9 heteroatoms. The summed E-state index contributed by atoms with van der Waals surface area (Å²) in [4.78, 5) is 40.0. The van der Waals surface area contributed by atoms with Crippen LogP contribution in [0.5, 0.6) is 0 Å². The molecule has 142 valence electrons. The van der Waals surface area contributed by atoms with Gasteiger partial charge in [-0.25, -0.2) is 9.59 Å². The van der Waals surface area contributed by atoms with Gasteiger partial charge >= 0.3 is 17.8 Å². The average Bonchev–Trinajstić information content (AvgIpc) is 2.95. The third-order valence-electron chi connectivity index (χ3n) is 3.40. The molecule has 0 radical (unpaired) electrons. The topological polar surface area (TPSA) is 111 Å². The van der Waals surface area contributed by atoms with Crippen LogP contribution in [0.25, 0.3) is 16.4 Å². The van der Waals surface area contributed by atoms with Gasteiger partial charge in [0.2, 0.25) is 0 Å².